The number of anilines is 1. The quantitative estimate of drug-likeness (QED) is 0.840. The molecule has 0 aliphatic carbocycles. The zero-order chi connectivity index (χ0) is 14.4. The van der Waals surface area contributed by atoms with Crippen LogP contribution in [-0.2, 0) is 0 Å². The lowest BCUT2D eigenvalue weighted by Crippen LogP contribution is -2.08. The SMILES string of the molecule is Cc1ccc(C(=O)CCNc2cccc(C#N)c2)cc1. The molecular weight excluding hydrogens is 248 g/mol. The summed E-state index contributed by atoms with van der Waals surface area (Å²) in [5.41, 5.74) is 3.36. The molecule has 0 fully saturated rings. The molecule has 0 atom stereocenters. The molecule has 0 saturated heterocycles. The van der Waals surface area contributed by atoms with E-state index in [0.29, 0.717) is 18.5 Å². The molecule has 3 nitrogen and oxygen atoms in total. The summed E-state index contributed by atoms with van der Waals surface area (Å²) in [6.45, 7) is 2.56. The lowest BCUT2D eigenvalue weighted by Gasteiger charge is -2.06. The predicted octanol–water partition coefficient (Wildman–Crippen LogP) is 3.55. The second-order valence-electron chi connectivity index (χ2n) is 4.66. The van der Waals surface area contributed by atoms with Gasteiger partial charge in [-0.3, -0.25) is 4.79 Å². The minimum atomic E-state index is 0.119. The number of nitrogens with one attached hydrogen (secondary N) is 1. The standard InChI is InChI=1S/C17H16N2O/c1-13-5-7-15(8-6-13)17(20)9-10-19-16-4-2-3-14(11-16)12-18/h2-8,11,19H,9-10H2,1H3. The maximum Gasteiger partial charge on any atom is 0.164 e. The third-order valence-electron chi connectivity index (χ3n) is 3.05. The van der Waals surface area contributed by atoms with Gasteiger partial charge in [0.1, 0.15) is 0 Å². The average Bonchev–Trinajstić information content (AvgIpc) is 2.48. The first-order valence-corrected chi connectivity index (χ1v) is 6.53. The molecule has 0 amide bonds. The van der Waals surface area contributed by atoms with Crippen LogP contribution in [0.25, 0.3) is 0 Å². The van der Waals surface area contributed by atoms with Gasteiger partial charge in [-0.2, -0.15) is 5.26 Å². The molecule has 2 aromatic rings. The summed E-state index contributed by atoms with van der Waals surface area (Å²) in [4.78, 5) is 12.0. The van der Waals surface area contributed by atoms with Crippen molar-refractivity contribution in [1.29, 1.82) is 5.26 Å². The number of Topliss-reactive ketones (excluding diaryl/α,β-unsaturated/α-hetero) is 1. The first-order valence-electron chi connectivity index (χ1n) is 6.53. The van der Waals surface area contributed by atoms with Crippen molar-refractivity contribution in [2.24, 2.45) is 0 Å². The van der Waals surface area contributed by atoms with Crippen molar-refractivity contribution in [2.45, 2.75) is 13.3 Å². The van der Waals surface area contributed by atoms with E-state index in [1.54, 1.807) is 12.1 Å². The van der Waals surface area contributed by atoms with E-state index in [0.717, 1.165) is 16.8 Å². The van der Waals surface area contributed by atoms with Gasteiger partial charge < -0.3 is 5.32 Å². The van der Waals surface area contributed by atoms with Crippen LogP contribution in [0.4, 0.5) is 5.69 Å². The highest BCUT2D eigenvalue weighted by Crippen LogP contribution is 2.11. The molecule has 0 radical (unpaired) electrons. The van der Waals surface area contributed by atoms with E-state index in [1.807, 2.05) is 43.3 Å². The predicted molar refractivity (Wildman–Crippen MR) is 79.8 cm³/mol. The van der Waals surface area contributed by atoms with E-state index >= 15 is 0 Å². The van der Waals surface area contributed by atoms with Gasteiger partial charge in [0, 0.05) is 24.2 Å². The third kappa shape index (κ3) is 3.69. The van der Waals surface area contributed by atoms with Crippen LogP contribution in [-0.4, -0.2) is 12.3 Å². The molecular formula is C17H16N2O. The van der Waals surface area contributed by atoms with Gasteiger partial charge in [0.25, 0.3) is 0 Å². The maximum absolute atomic E-state index is 12.0. The Balaban J connectivity index is 1.88. The van der Waals surface area contributed by atoms with Gasteiger partial charge in [0.05, 0.1) is 11.6 Å². The van der Waals surface area contributed by atoms with Crippen LogP contribution < -0.4 is 5.32 Å². The number of ketones is 1. The van der Waals surface area contributed by atoms with Crippen LogP contribution in [0.3, 0.4) is 0 Å². The second kappa shape index (κ2) is 6.53. The van der Waals surface area contributed by atoms with Crippen molar-refractivity contribution in [3.05, 3.63) is 65.2 Å². The molecule has 0 spiro atoms. The molecule has 0 heterocycles. The van der Waals surface area contributed by atoms with Crippen molar-refractivity contribution in [1.82, 2.24) is 0 Å². The average molecular weight is 264 g/mol. The van der Waals surface area contributed by atoms with Crippen LogP contribution in [0.2, 0.25) is 0 Å². The summed E-state index contributed by atoms with van der Waals surface area (Å²) in [6.07, 6.45) is 0.430. The van der Waals surface area contributed by atoms with Crippen LogP contribution in [0.5, 0.6) is 0 Å². The minimum Gasteiger partial charge on any atom is -0.385 e. The van der Waals surface area contributed by atoms with Gasteiger partial charge in [-0.05, 0) is 25.1 Å². The van der Waals surface area contributed by atoms with Crippen molar-refractivity contribution in [3.63, 3.8) is 0 Å². The zero-order valence-electron chi connectivity index (χ0n) is 11.4. The fourth-order valence-corrected chi connectivity index (χ4v) is 1.90. The van der Waals surface area contributed by atoms with Gasteiger partial charge in [-0.25, -0.2) is 0 Å². The smallest absolute Gasteiger partial charge is 0.164 e. The lowest BCUT2D eigenvalue weighted by atomic mass is 10.1. The topological polar surface area (TPSA) is 52.9 Å². The zero-order valence-corrected chi connectivity index (χ0v) is 11.4. The Hall–Kier alpha value is -2.60. The number of nitrogens with zero attached hydrogens (tertiary/aromatic N) is 1. The van der Waals surface area contributed by atoms with Crippen molar-refractivity contribution in [2.75, 3.05) is 11.9 Å². The Morgan fingerprint density at radius 1 is 1.20 bits per heavy atom. The lowest BCUT2D eigenvalue weighted by molar-refractivity contribution is 0.0986. The Kier molecular flexibility index (Phi) is 4.52. The molecule has 20 heavy (non-hydrogen) atoms. The number of carbonyl (C=O) groups is 1. The molecule has 0 bridgehead atoms. The number of rotatable bonds is 5. The Labute approximate surface area is 118 Å². The van der Waals surface area contributed by atoms with Crippen LogP contribution in [0, 0.1) is 18.3 Å². The van der Waals surface area contributed by atoms with Gasteiger partial charge in [-0.1, -0.05) is 35.9 Å². The number of hydrogen-bond acceptors (Lipinski definition) is 3. The Bertz CT molecular complexity index is 639. The van der Waals surface area contributed by atoms with E-state index < -0.39 is 0 Å². The highest BCUT2D eigenvalue weighted by atomic mass is 16.1. The molecule has 0 aliphatic heterocycles. The number of carbonyl (C=O) groups excluding carboxylic acids is 1. The molecule has 0 unspecified atom stereocenters. The second-order valence-corrected chi connectivity index (χ2v) is 4.66. The summed E-state index contributed by atoms with van der Waals surface area (Å²) in [5, 5.41) is 12.0. The molecule has 2 rings (SSSR count). The number of benzene rings is 2. The molecule has 0 aliphatic rings. The Morgan fingerprint density at radius 3 is 2.65 bits per heavy atom. The monoisotopic (exact) mass is 264 g/mol. The molecule has 0 saturated carbocycles. The van der Waals surface area contributed by atoms with E-state index in [9.17, 15) is 4.79 Å². The largest absolute Gasteiger partial charge is 0.385 e. The maximum atomic E-state index is 12.0. The normalized spacial score (nSPS) is 9.80. The fourth-order valence-electron chi connectivity index (χ4n) is 1.90. The van der Waals surface area contributed by atoms with E-state index in [1.165, 1.54) is 0 Å². The van der Waals surface area contributed by atoms with E-state index in [2.05, 4.69) is 11.4 Å². The number of nitriles is 1. The van der Waals surface area contributed by atoms with Crippen molar-refractivity contribution >= 4 is 11.5 Å². The van der Waals surface area contributed by atoms with Crippen molar-refractivity contribution in [3.8, 4) is 6.07 Å². The number of aryl methyl sites for hydroxylation is 1. The highest BCUT2D eigenvalue weighted by molar-refractivity contribution is 5.96. The van der Waals surface area contributed by atoms with Gasteiger partial charge in [0.15, 0.2) is 5.78 Å². The number of hydrogen-bond donors (Lipinski definition) is 1. The highest BCUT2D eigenvalue weighted by Gasteiger charge is 2.05. The first kappa shape index (κ1) is 13.8. The Morgan fingerprint density at radius 2 is 1.95 bits per heavy atom. The van der Waals surface area contributed by atoms with E-state index in [4.69, 9.17) is 5.26 Å². The molecule has 2 aromatic carbocycles. The van der Waals surface area contributed by atoms with Gasteiger partial charge in [-0.15, -0.1) is 0 Å². The van der Waals surface area contributed by atoms with Crippen LogP contribution >= 0.6 is 0 Å². The van der Waals surface area contributed by atoms with Crippen LogP contribution in [0.15, 0.2) is 48.5 Å². The summed E-state index contributed by atoms with van der Waals surface area (Å²) in [5.74, 6) is 0.119. The molecule has 0 aromatic heterocycles. The fraction of sp³-hybridized carbons (Fsp3) is 0.176. The summed E-state index contributed by atoms with van der Waals surface area (Å²) >= 11 is 0. The van der Waals surface area contributed by atoms with Gasteiger partial charge in [0.2, 0.25) is 0 Å². The molecule has 1 N–H and O–H groups in total. The first-order chi connectivity index (χ1) is 9.69. The third-order valence-corrected chi connectivity index (χ3v) is 3.05. The summed E-state index contributed by atoms with van der Waals surface area (Å²) in [6, 6.07) is 16.9. The summed E-state index contributed by atoms with van der Waals surface area (Å²) in [7, 11) is 0. The molecule has 3 heteroatoms. The minimum absolute atomic E-state index is 0.119. The summed E-state index contributed by atoms with van der Waals surface area (Å²) < 4.78 is 0. The van der Waals surface area contributed by atoms with Crippen molar-refractivity contribution < 1.29 is 4.79 Å². The van der Waals surface area contributed by atoms with Crippen LogP contribution in [0.1, 0.15) is 27.9 Å². The molecule has 100 valence electrons. The van der Waals surface area contributed by atoms with E-state index in [-0.39, 0.29) is 5.78 Å². The van der Waals surface area contributed by atoms with Gasteiger partial charge >= 0.3 is 0 Å².